The molecular weight excluding hydrogens is 677 g/mol. The van der Waals surface area contributed by atoms with Gasteiger partial charge in [0, 0.05) is 22.1 Å². The molecule has 0 amide bonds. The zero-order valence-corrected chi connectivity index (χ0v) is 31.4. The predicted molar refractivity (Wildman–Crippen MR) is 231 cm³/mol. The predicted octanol–water partition coefficient (Wildman–Crippen LogP) is 13.3. The molecule has 1 spiro atoms. The Bertz CT molecular complexity index is 2890. The molecule has 2 aliphatic rings. The van der Waals surface area contributed by atoms with Crippen molar-refractivity contribution in [2.45, 2.75) is 24.7 Å². The molecular formula is C54H38N2. The molecule has 0 bridgehead atoms. The molecule has 1 heterocycles. The first kappa shape index (κ1) is 32.5. The first-order valence-electron chi connectivity index (χ1n) is 19.5. The average Bonchev–Trinajstić information content (AvgIpc) is 3.56. The third kappa shape index (κ3) is 4.63. The summed E-state index contributed by atoms with van der Waals surface area (Å²) in [7, 11) is 0. The largest absolute Gasteiger partial charge is 0.228 e. The Balaban J connectivity index is 1.11. The first-order chi connectivity index (χ1) is 27.5. The second-order valence-electron chi connectivity index (χ2n) is 15.7. The Kier molecular flexibility index (Phi) is 7.15. The van der Waals surface area contributed by atoms with Crippen LogP contribution in [0, 0.1) is 0 Å². The van der Waals surface area contributed by atoms with Gasteiger partial charge < -0.3 is 0 Å². The van der Waals surface area contributed by atoms with Crippen molar-refractivity contribution in [2.75, 3.05) is 0 Å². The van der Waals surface area contributed by atoms with Gasteiger partial charge in [-0.2, -0.15) is 0 Å². The minimum absolute atomic E-state index is 0.121. The van der Waals surface area contributed by atoms with Gasteiger partial charge in [-0.15, -0.1) is 0 Å². The van der Waals surface area contributed by atoms with E-state index in [2.05, 4.69) is 184 Å². The van der Waals surface area contributed by atoms with Crippen molar-refractivity contribution in [3.05, 3.63) is 228 Å². The number of hydrogen-bond acceptors (Lipinski definition) is 2. The van der Waals surface area contributed by atoms with E-state index in [1.807, 2.05) is 24.3 Å². The lowest BCUT2D eigenvalue weighted by atomic mass is 9.55. The quantitative estimate of drug-likeness (QED) is 0.181. The Morgan fingerprint density at radius 3 is 1.50 bits per heavy atom. The zero-order chi connectivity index (χ0) is 37.4. The van der Waals surface area contributed by atoms with Crippen molar-refractivity contribution in [2.24, 2.45) is 0 Å². The summed E-state index contributed by atoms with van der Waals surface area (Å²) in [6, 6.07) is 70.7. The van der Waals surface area contributed by atoms with E-state index in [0.717, 1.165) is 39.3 Å². The van der Waals surface area contributed by atoms with Crippen molar-refractivity contribution in [1.82, 2.24) is 9.97 Å². The summed E-state index contributed by atoms with van der Waals surface area (Å²) < 4.78 is 0. The van der Waals surface area contributed by atoms with Gasteiger partial charge in [0.2, 0.25) is 0 Å². The van der Waals surface area contributed by atoms with Crippen LogP contribution in [0.1, 0.15) is 47.2 Å². The van der Waals surface area contributed by atoms with Crippen molar-refractivity contribution in [3.63, 3.8) is 0 Å². The number of fused-ring (bicyclic) bond motifs is 10. The Hall–Kier alpha value is -6.90. The molecule has 1 aromatic heterocycles. The van der Waals surface area contributed by atoms with Gasteiger partial charge in [-0.25, -0.2) is 9.97 Å². The van der Waals surface area contributed by atoms with Crippen LogP contribution >= 0.6 is 0 Å². The molecule has 2 aliphatic carbocycles. The van der Waals surface area contributed by atoms with Crippen LogP contribution in [0.25, 0.3) is 66.9 Å². The van der Waals surface area contributed by atoms with E-state index < -0.39 is 5.41 Å². The van der Waals surface area contributed by atoms with Gasteiger partial charge in [-0.05, 0) is 78.5 Å². The van der Waals surface area contributed by atoms with Gasteiger partial charge in [-0.3, -0.25) is 0 Å². The highest BCUT2D eigenvalue weighted by molar-refractivity contribution is 6.05. The molecule has 0 N–H and O–H groups in total. The normalized spacial score (nSPS) is 14.2. The average molecular weight is 715 g/mol. The number of hydrogen-bond donors (Lipinski definition) is 0. The van der Waals surface area contributed by atoms with E-state index in [-0.39, 0.29) is 5.41 Å². The van der Waals surface area contributed by atoms with Crippen molar-refractivity contribution in [3.8, 4) is 56.2 Å². The molecule has 264 valence electrons. The minimum atomic E-state index is -0.404. The van der Waals surface area contributed by atoms with Crippen LogP contribution < -0.4 is 0 Å². The summed E-state index contributed by atoms with van der Waals surface area (Å²) in [4.78, 5) is 10.3. The summed E-state index contributed by atoms with van der Waals surface area (Å²) >= 11 is 0. The first-order valence-corrected chi connectivity index (χ1v) is 19.5. The van der Waals surface area contributed by atoms with Crippen LogP contribution in [-0.4, -0.2) is 9.97 Å². The van der Waals surface area contributed by atoms with E-state index in [1.54, 1.807) is 0 Å². The summed E-state index contributed by atoms with van der Waals surface area (Å²) in [6.45, 7) is 4.76. The van der Waals surface area contributed by atoms with E-state index >= 15 is 0 Å². The van der Waals surface area contributed by atoms with Crippen LogP contribution in [0.2, 0.25) is 0 Å². The summed E-state index contributed by atoms with van der Waals surface area (Å²) in [6.07, 6.45) is 0. The maximum atomic E-state index is 5.21. The Labute approximate surface area is 327 Å². The Morgan fingerprint density at radius 1 is 0.321 bits per heavy atom. The van der Waals surface area contributed by atoms with Crippen LogP contribution in [0.15, 0.2) is 194 Å². The highest BCUT2D eigenvalue weighted by Gasteiger charge is 2.53. The minimum Gasteiger partial charge on any atom is -0.228 e. The SMILES string of the molecule is CC1(C)c2ccccc2C2(c3ccccc3-c3cc(-c4ccc(-c5cc(-c6ccccc6)nc(-c6ccccc6)n5)c5ccccc45)ccc32)c2ccccc21. The van der Waals surface area contributed by atoms with Crippen molar-refractivity contribution in [1.29, 1.82) is 0 Å². The third-order valence-corrected chi connectivity index (χ3v) is 12.4. The molecule has 0 saturated heterocycles. The number of benzene rings is 8. The molecule has 0 saturated carbocycles. The maximum Gasteiger partial charge on any atom is 0.160 e. The topological polar surface area (TPSA) is 25.8 Å². The van der Waals surface area contributed by atoms with Crippen molar-refractivity contribution < 1.29 is 0 Å². The fourth-order valence-corrected chi connectivity index (χ4v) is 9.86. The van der Waals surface area contributed by atoms with E-state index in [1.165, 1.54) is 61.0 Å². The number of aromatic nitrogens is 2. The second-order valence-corrected chi connectivity index (χ2v) is 15.7. The van der Waals surface area contributed by atoms with Crippen LogP contribution in [0.5, 0.6) is 0 Å². The van der Waals surface area contributed by atoms with E-state index in [4.69, 9.17) is 9.97 Å². The van der Waals surface area contributed by atoms with Gasteiger partial charge in [0.1, 0.15) is 0 Å². The molecule has 11 rings (SSSR count). The van der Waals surface area contributed by atoms with Crippen molar-refractivity contribution >= 4 is 10.8 Å². The molecule has 56 heavy (non-hydrogen) atoms. The van der Waals surface area contributed by atoms with Crippen LogP contribution in [0.3, 0.4) is 0 Å². The highest BCUT2D eigenvalue weighted by atomic mass is 14.9. The number of rotatable bonds is 4. The lowest BCUT2D eigenvalue weighted by Gasteiger charge is -2.46. The van der Waals surface area contributed by atoms with Gasteiger partial charge >= 0.3 is 0 Å². The molecule has 0 unspecified atom stereocenters. The molecule has 2 nitrogen and oxygen atoms in total. The molecule has 0 radical (unpaired) electrons. The number of nitrogens with zero attached hydrogens (tertiary/aromatic N) is 2. The summed E-state index contributed by atoms with van der Waals surface area (Å²) in [5, 5.41) is 2.36. The molecule has 8 aromatic carbocycles. The highest BCUT2D eigenvalue weighted by Crippen LogP contribution is 2.62. The van der Waals surface area contributed by atoms with E-state index in [0.29, 0.717) is 0 Å². The second kappa shape index (κ2) is 12.3. The van der Waals surface area contributed by atoms with Gasteiger partial charge in [0.15, 0.2) is 5.82 Å². The molecule has 0 atom stereocenters. The Morgan fingerprint density at radius 2 is 0.821 bits per heavy atom. The van der Waals surface area contributed by atoms with Gasteiger partial charge in [0.05, 0.1) is 16.8 Å². The lowest BCUT2D eigenvalue weighted by Crippen LogP contribution is -2.40. The lowest BCUT2D eigenvalue weighted by molar-refractivity contribution is 0.563. The van der Waals surface area contributed by atoms with E-state index in [9.17, 15) is 0 Å². The zero-order valence-electron chi connectivity index (χ0n) is 31.4. The van der Waals surface area contributed by atoms with Gasteiger partial charge in [-0.1, -0.05) is 196 Å². The maximum absolute atomic E-state index is 5.21. The molecule has 2 heteroatoms. The monoisotopic (exact) mass is 714 g/mol. The third-order valence-electron chi connectivity index (χ3n) is 12.4. The standard InChI is InChI=1S/C54H38N2/c1-53(2)46-25-13-15-27-48(46)54(49-28-16-14-26-47(49)53)44-24-12-11-23-41(44)43-33-37(29-32-45(43)54)38-30-31-42(40-22-10-9-21-39(38)40)51-34-50(35-17-5-3-6-18-35)55-52(56-51)36-19-7-4-8-20-36/h3-34H,1-2H3. The molecule has 9 aromatic rings. The fourth-order valence-electron chi connectivity index (χ4n) is 9.86. The van der Waals surface area contributed by atoms with Crippen LogP contribution in [-0.2, 0) is 10.8 Å². The molecule has 0 aliphatic heterocycles. The van der Waals surface area contributed by atoms with Crippen LogP contribution in [0.4, 0.5) is 0 Å². The fraction of sp³-hybridized carbons (Fsp3) is 0.0741. The summed E-state index contributed by atoms with van der Waals surface area (Å²) in [5.74, 6) is 0.718. The smallest absolute Gasteiger partial charge is 0.160 e. The summed E-state index contributed by atoms with van der Waals surface area (Å²) in [5.41, 5.74) is 17.7. The molecule has 0 fully saturated rings. The van der Waals surface area contributed by atoms with Gasteiger partial charge in [0.25, 0.3) is 0 Å².